The van der Waals surface area contributed by atoms with Crippen molar-refractivity contribution in [1.29, 1.82) is 0 Å². The highest BCUT2D eigenvalue weighted by molar-refractivity contribution is 5.84. The lowest BCUT2D eigenvalue weighted by Crippen LogP contribution is -2.00. The van der Waals surface area contributed by atoms with Crippen molar-refractivity contribution < 1.29 is 9.90 Å². The quantitative estimate of drug-likeness (QED) is 0.722. The van der Waals surface area contributed by atoms with Crippen molar-refractivity contribution in [3.05, 3.63) is 30.1 Å². The van der Waals surface area contributed by atoms with E-state index in [1.54, 1.807) is 6.08 Å². The van der Waals surface area contributed by atoms with Crippen LogP contribution in [0.1, 0.15) is 25.6 Å². The number of rotatable bonds is 3. The zero-order valence-electron chi connectivity index (χ0n) is 7.77. The van der Waals surface area contributed by atoms with E-state index in [9.17, 15) is 4.79 Å². The molecule has 1 heterocycles. The van der Waals surface area contributed by atoms with Crippen molar-refractivity contribution in [1.82, 2.24) is 4.57 Å². The number of carboxylic acid groups (broad SMARTS) is 1. The van der Waals surface area contributed by atoms with E-state index < -0.39 is 5.97 Å². The van der Waals surface area contributed by atoms with Gasteiger partial charge in [0.2, 0.25) is 0 Å². The van der Waals surface area contributed by atoms with Crippen LogP contribution in [0.15, 0.2) is 24.4 Å². The maximum atomic E-state index is 10.3. The summed E-state index contributed by atoms with van der Waals surface area (Å²) in [6, 6.07) is 4.14. The molecule has 0 saturated carbocycles. The van der Waals surface area contributed by atoms with Crippen LogP contribution in [0.5, 0.6) is 0 Å². The smallest absolute Gasteiger partial charge is 0.328 e. The molecule has 0 bridgehead atoms. The average molecular weight is 179 g/mol. The number of hydrogen-bond acceptors (Lipinski definition) is 1. The molecule has 13 heavy (non-hydrogen) atoms. The fraction of sp³-hybridized carbons (Fsp3) is 0.300. The standard InChI is InChI=1S/C10H13NO2/c1-8(2)11-7-3-4-9(11)5-6-10(12)13/h3-8H,1-2H3,(H,12,13)/b6-5+. The fourth-order valence-electron chi connectivity index (χ4n) is 1.18. The monoisotopic (exact) mass is 179 g/mol. The molecule has 1 N–H and O–H groups in total. The van der Waals surface area contributed by atoms with Gasteiger partial charge < -0.3 is 9.67 Å². The topological polar surface area (TPSA) is 42.2 Å². The van der Waals surface area contributed by atoms with Gasteiger partial charge in [0.25, 0.3) is 0 Å². The molecule has 0 amide bonds. The number of hydrogen-bond donors (Lipinski definition) is 1. The second-order valence-corrected chi connectivity index (χ2v) is 3.11. The molecule has 0 saturated heterocycles. The Morgan fingerprint density at radius 3 is 2.85 bits per heavy atom. The van der Waals surface area contributed by atoms with E-state index in [-0.39, 0.29) is 0 Å². The van der Waals surface area contributed by atoms with E-state index in [1.165, 1.54) is 0 Å². The van der Waals surface area contributed by atoms with Crippen LogP contribution in [0.25, 0.3) is 6.08 Å². The van der Waals surface area contributed by atoms with Crippen molar-refractivity contribution in [3.63, 3.8) is 0 Å². The number of carbonyl (C=O) groups is 1. The molecule has 0 aliphatic rings. The van der Waals surface area contributed by atoms with E-state index in [1.807, 2.05) is 22.9 Å². The van der Waals surface area contributed by atoms with Crippen molar-refractivity contribution in [2.24, 2.45) is 0 Å². The van der Waals surface area contributed by atoms with Gasteiger partial charge >= 0.3 is 5.97 Å². The van der Waals surface area contributed by atoms with Gasteiger partial charge in [-0.3, -0.25) is 0 Å². The summed E-state index contributed by atoms with van der Waals surface area (Å²) in [6.07, 6.45) is 4.68. The normalized spacial score (nSPS) is 11.3. The molecule has 3 nitrogen and oxygen atoms in total. The lowest BCUT2D eigenvalue weighted by Gasteiger charge is -2.09. The van der Waals surface area contributed by atoms with Crippen molar-refractivity contribution in [2.45, 2.75) is 19.9 Å². The minimum atomic E-state index is -0.920. The Balaban J connectivity index is 2.88. The maximum Gasteiger partial charge on any atom is 0.328 e. The molecule has 0 aliphatic heterocycles. The predicted molar refractivity (Wildman–Crippen MR) is 51.5 cm³/mol. The zero-order valence-corrected chi connectivity index (χ0v) is 7.77. The average Bonchev–Trinajstić information content (AvgIpc) is 2.47. The first-order valence-corrected chi connectivity index (χ1v) is 4.19. The first-order valence-electron chi connectivity index (χ1n) is 4.19. The third-order valence-corrected chi connectivity index (χ3v) is 1.76. The van der Waals surface area contributed by atoms with Crippen LogP contribution >= 0.6 is 0 Å². The number of carboxylic acids is 1. The highest BCUT2D eigenvalue weighted by Crippen LogP contribution is 2.11. The molecule has 0 spiro atoms. The van der Waals surface area contributed by atoms with E-state index in [0.29, 0.717) is 6.04 Å². The van der Waals surface area contributed by atoms with Gasteiger partial charge in [0.15, 0.2) is 0 Å². The summed E-state index contributed by atoms with van der Waals surface area (Å²) in [5.41, 5.74) is 0.914. The predicted octanol–water partition coefficient (Wildman–Crippen LogP) is 2.17. The SMILES string of the molecule is CC(C)n1cccc1/C=C/C(=O)O. The molecule has 0 aliphatic carbocycles. The van der Waals surface area contributed by atoms with Gasteiger partial charge in [0.05, 0.1) is 0 Å². The molecule has 3 heteroatoms. The zero-order chi connectivity index (χ0) is 9.84. The van der Waals surface area contributed by atoms with E-state index in [4.69, 9.17) is 5.11 Å². The van der Waals surface area contributed by atoms with Gasteiger partial charge in [-0.2, -0.15) is 0 Å². The molecular weight excluding hydrogens is 166 g/mol. The Morgan fingerprint density at radius 2 is 2.31 bits per heavy atom. The minimum absolute atomic E-state index is 0.350. The summed E-state index contributed by atoms with van der Waals surface area (Å²) in [4.78, 5) is 10.3. The van der Waals surface area contributed by atoms with Crippen molar-refractivity contribution in [3.8, 4) is 0 Å². The van der Waals surface area contributed by atoms with Crippen LogP contribution in [0.4, 0.5) is 0 Å². The highest BCUT2D eigenvalue weighted by Gasteiger charge is 2.00. The second kappa shape index (κ2) is 3.94. The van der Waals surface area contributed by atoms with Gasteiger partial charge in [-0.15, -0.1) is 0 Å². The summed E-state index contributed by atoms with van der Waals surface area (Å²) >= 11 is 0. The van der Waals surface area contributed by atoms with Crippen molar-refractivity contribution in [2.75, 3.05) is 0 Å². The molecule has 1 aromatic heterocycles. The Labute approximate surface area is 77.3 Å². The molecule has 1 aromatic rings. The Kier molecular flexibility index (Phi) is 2.90. The van der Waals surface area contributed by atoms with Gasteiger partial charge in [-0.25, -0.2) is 4.79 Å². The number of aromatic nitrogens is 1. The molecule has 70 valence electrons. The molecule has 0 fully saturated rings. The molecule has 0 aromatic carbocycles. The van der Waals surface area contributed by atoms with E-state index in [0.717, 1.165) is 11.8 Å². The van der Waals surface area contributed by atoms with Gasteiger partial charge in [-0.1, -0.05) is 0 Å². The van der Waals surface area contributed by atoms with Gasteiger partial charge in [0, 0.05) is 24.0 Å². The highest BCUT2D eigenvalue weighted by atomic mass is 16.4. The molecule has 0 radical (unpaired) electrons. The van der Waals surface area contributed by atoms with Crippen molar-refractivity contribution >= 4 is 12.0 Å². The van der Waals surface area contributed by atoms with Crippen LogP contribution in [0, 0.1) is 0 Å². The first-order chi connectivity index (χ1) is 6.11. The summed E-state index contributed by atoms with van der Waals surface area (Å²) in [5, 5.41) is 8.45. The van der Waals surface area contributed by atoms with Crippen LogP contribution < -0.4 is 0 Å². The van der Waals surface area contributed by atoms with E-state index >= 15 is 0 Å². The molecule has 0 unspecified atom stereocenters. The summed E-state index contributed by atoms with van der Waals surface area (Å²) in [7, 11) is 0. The second-order valence-electron chi connectivity index (χ2n) is 3.11. The van der Waals surface area contributed by atoms with Crippen LogP contribution in [-0.2, 0) is 4.79 Å². The Bertz CT molecular complexity index is 323. The largest absolute Gasteiger partial charge is 0.478 e. The number of aliphatic carboxylic acids is 1. The van der Waals surface area contributed by atoms with Crippen LogP contribution in [0.3, 0.4) is 0 Å². The molecule has 1 rings (SSSR count). The molecular formula is C10H13NO2. The third-order valence-electron chi connectivity index (χ3n) is 1.76. The third kappa shape index (κ3) is 2.47. The fourth-order valence-corrected chi connectivity index (χ4v) is 1.18. The summed E-state index contributed by atoms with van der Waals surface area (Å²) < 4.78 is 2.01. The first kappa shape index (κ1) is 9.58. The number of nitrogens with zero attached hydrogens (tertiary/aromatic N) is 1. The summed E-state index contributed by atoms with van der Waals surface area (Å²) in [5.74, 6) is -0.920. The van der Waals surface area contributed by atoms with Crippen LogP contribution in [0.2, 0.25) is 0 Å². The van der Waals surface area contributed by atoms with Gasteiger partial charge in [-0.05, 0) is 32.1 Å². The van der Waals surface area contributed by atoms with Gasteiger partial charge in [0.1, 0.15) is 0 Å². The Morgan fingerprint density at radius 1 is 1.62 bits per heavy atom. The lowest BCUT2D eigenvalue weighted by molar-refractivity contribution is -0.131. The van der Waals surface area contributed by atoms with E-state index in [2.05, 4.69) is 13.8 Å². The lowest BCUT2D eigenvalue weighted by atomic mass is 10.3. The maximum absolute atomic E-state index is 10.3. The summed E-state index contributed by atoms with van der Waals surface area (Å²) in [6.45, 7) is 4.11. The molecule has 0 atom stereocenters. The minimum Gasteiger partial charge on any atom is -0.478 e. The van der Waals surface area contributed by atoms with Crippen LogP contribution in [-0.4, -0.2) is 15.6 Å². The Hall–Kier alpha value is -1.51.